The van der Waals surface area contributed by atoms with Gasteiger partial charge in [0.1, 0.15) is 0 Å². The Bertz CT molecular complexity index is 551. The van der Waals surface area contributed by atoms with Gasteiger partial charge in [-0.1, -0.05) is 18.9 Å². The normalized spacial score (nSPS) is 21.2. The monoisotopic (exact) mass is 362 g/mol. The summed E-state index contributed by atoms with van der Waals surface area (Å²) in [5.41, 5.74) is 0.412. The van der Waals surface area contributed by atoms with Crippen LogP contribution in [0, 0.1) is 17.6 Å². The zero-order valence-corrected chi connectivity index (χ0v) is 14.0. The van der Waals surface area contributed by atoms with Crippen molar-refractivity contribution in [2.45, 2.75) is 63.6 Å². The molecule has 6 heteroatoms. The standard InChI is InChI=1S/C19H23F5O/c1-2-3-4-5-6-13-7-9-14(10-8-13)15-11-16(20)18(17(21)12-15)25-19(22,23)24/h2,11-14H,1,3-10H2/t13-,14-. The van der Waals surface area contributed by atoms with E-state index in [9.17, 15) is 22.0 Å². The van der Waals surface area contributed by atoms with Crippen LogP contribution in [-0.4, -0.2) is 6.36 Å². The number of unbranched alkanes of at least 4 members (excludes halogenated alkanes) is 2. The van der Waals surface area contributed by atoms with E-state index in [0.717, 1.165) is 63.5 Å². The molecular formula is C19H23F5O. The molecule has 1 aromatic carbocycles. The van der Waals surface area contributed by atoms with Crippen LogP contribution >= 0.6 is 0 Å². The first kappa shape index (κ1) is 19.7. The molecule has 0 bridgehead atoms. The number of ether oxygens (including phenoxy) is 1. The van der Waals surface area contributed by atoms with Gasteiger partial charge in [0, 0.05) is 0 Å². The highest BCUT2D eigenvalue weighted by Crippen LogP contribution is 2.40. The molecule has 0 radical (unpaired) electrons. The molecule has 1 nitrogen and oxygen atoms in total. The largest absolute Gasteiger partial charge is 0.573 e. The van der Waals surface area contributed by atoms with Gasteiger partial charge in [-0.05, 0) is 68.1 Å². The van der Waals surface area contributed by atoms with Crippen molar-refractivity contribution in [2.75, 3.05) is 0 Å². The lowest BCUT2D eigenvalue weighted by molar-refractivity contribution is -0.276. The average Bonchev–Trinajstić information content (AvgIpc) is 2.54. The van der Waals surface area contributed by atoms with E-state index >= 15 is 0 Å². The molecule has 2 rings (SSSR count). The molecule has 0 N–H and O–H groups in total. The van der Waals surface area contributed by atoms with Gasteiger partial charge in [-0.3, -0.25) is 0 Å². The maximum Gasteiger partial charge on any atom is 0.573 e. The van der Waals surface area contributed by atoms with Gasteiger partial charge < -0.3 is 4.74 Å². The molecule has 0 aliphatic heterocycles. The van der Waals surface area contributed by atoms with Crippen molar-refractivity contribution < 1.29 is 26.7 Å². The van der Waals surface area contributed by atoms with Crippen LogP contribution in [0.25, 0.3) is 0 Å². The molecular weight excluding hydrogens is 339 g/mol. The van der Waals surface area contributed by atoms with Crippen LogP contribution in [0.15, 0.2) is 24.8 Å². The summed E-state index contributed by atoms with van der Waals surface area (Å²) < 4.78 is 67.7. The van der Waals surface area contributed by atoms with Gasteiger partial charge in [0.15, 0.2) is 11.6 Å². The van der Waals surface area contributed by atoms with E-state index < -0.39 is 23.7 Å². The van der Waals surface area contributed by atoms with Gasteiger partial charge in [-0.2, -0.15) is 0 Å². The summed E-state index contributed by atoms with van der Waals surface area (Å²) in [5, 5.41) is 0. The van der Waals surface area contributed by atoms with E-state index in [-0.39, 0.29) is 5.92 Å². The van der Waals surface area contributed by atoms with Crippen LogP contribution in [0.1, 0.15) is 62.8 Å². The predicted octanol–water partition coefficient (Wildman–Crippen LogP) is 6.88. The molecule has 0 aromatic heterocycles. The van der Waals surface area contributed by atoms with E-state index in [0.29, 0.717) is 11.5 Å². The topological polar surface area (TPSA) is 9.23 Å². The molecule has 0 amide bonds. The van der Waals surface area contributed by atoms with Gasteiger partial charge in [-0.25, -0.2) is 8.78 Å². The Balaban J connectivity index is 1.94. The summed E-state index contributed by atoms with van der Waals surface area (Å²) in [4.78, 5) is 0. The summed E-state index contributed by atoms with van der Waals surface area (Å²) in [6.45, 7) is 3.70. The van der Waals surface area contributed by atoms with Crippen LogP contribution in [-0.2, 0) is 0 Å². The minimum Gasteiger partial charge on any atom is -0.399 e. The summed E-state index contributed by atoms with van der Waals surface area (Å²) in [6, 6.07) is 1.94. The molecule has 25 heavy (non-hydrogen) atoms. The SMILES string of the molecule is C=CCCCC[C@H]1CC[C@H](c2cc(F)c(OC(F)(F)F)c(F)c2)CC1. The molecule has 1 aromatic rings. The van der Waals surface area contributed by atoms with Crippen LogP contribution in [0.4, 0.5) is 22.0 Å². The Morgan fingerprint density at radius 3 is 2.16 bits per heavy atom. The fraction of sp³-hybridized carbons (Fsp3) is 0.579. The lowest BCUT2D eigenvalue weighted by Crippen LogP contribution is -2.19. The minimum absolute atomic E-state index is 0.0200. The maximum absolute atomic E-state index is 13.8. The summed E-state index contributed by atoms with van der Waals surface area (Å²) in [7, 11) is 0. The predicted molar refractivity (Wildman–Crippen MR) is 86.4 cm³/mol. The third-order valence-electron chi connectivity index (χ3n) is 4.83. The minimum atomic E-state index is -5.12. The molecule has 0 heterocycles. The van der Waals surface area contributed by atoms with Crippen LogP contribution in [0.2, 0.25) is 0 Å². The number of benzene rings is 1. The van der Waals surface area contributed by atoms with Crippen molar-refractivity contribution >= 4 is 0 Å². The second-order valence-corrected chi connectivity index (χ2v) is 6.65. The fourth-order valence-corrected chi connectivity index (χ4v) is 3.53. The highest BCUT2D eigenvalue weighted by molar-refractivity contribution is 5.33. The molecule has 0 atom stereocenters. The number of hydrogen-bond donors (Lipinski definition) is 0. The quantitative estimate of drug-likeness (QED) is 0.292. The van der Waals surface area contributed by atoms with Gasteiger partial charge in [0.25, 0.3) is 0 Å². The Kier molecular flexibility index (Phi) is 6.85. The van der Waals surface area contributed by atoms with Crippen molar-refractivity contribution in [3.8, 4) is 5.75 Å². The number of halogens is 5. The molecule has 0 spiro atoms. The lowest BCUT2D eigenvalue weighted by Gasteiger charge is -2.29. The Labute approximate surface area is 144 Å². The van der Waals surface area contributed by atoms with Gasteiger partial charge in [-0.15, -0.1) is 19.8 Å². The molecule has 1 aliphatic carbocycles. The van der Waals surface area contributed by atoms with Gasteiger partial charge in [0.05, 0.1) is 0 Å². The molecule has 0 saturated heterocycles. The molecule has 1 aliphatic rings. The third-order valence-corrected chi connectivity index (χ3v) is 4.83. The Morgan fingerprint density at radius 2 is 1.64 bits per heavy atom. The van der Waals surface area contributed by atoms with Crippen LogP contribution in [0.3, 0.4) is 0 Å². The van der Waals surface area contributed by atoms with E-state index in [1.807, 2.05) is 6.08 Å². The summed E-state index contributed by atoms with van der Waals surface area (Å²) in [6.07, 6.45) is 4.76. The smallest absolute Gasteiger partial charge is 0.399 e. The molecule has 1 fully saturated rings. The van der Waals surface area contributed by atoms with Crippen LogP contribution in [0.5, 0.6) is 5.75 Å². The number of hydrogen-bond acceptors (Lipinski definition) is 1. The third kappa shape index (κ3) is 6.01. The first-order chi connectivity index (χ1) is 11.8. The number of allylic oxidation sites excluding steroid dienone is 1. The van der Waals surface area contributed by atoms with Crippen molar-refractivity contribution in [2.24, 2.45) is 5.92 Å². The Morgan fingerprint density at radius 1 is 1.04 bits per heavy atom. The van der Waals surface area contributed by atoms with E-state index in [1.54, 1.807) is 0 Å². The molecule has 1 saturated carbocycles. The summed E-state index contributed by atoms with van der Waals surface area (Å²) >= 11 is 0. The summed E-state index contributed by atoms with van der Waals surface area (Å²) in [5.74, 6) is -3.40. The van der Waals surface area contributed by atoms with Gasteiger partial charge in [0.2, 0.25) is 5.75 Å². The number of rotatable bonds is 7. The van der Waals surface area contributed by atoms with E-state index in [1.165, 1.54) is 0 Å². The van der Waals surface area contributed by atoms with Gasteiger partial charge >= 0.3 is 6.36 Å². The van der Waals surface area contributed by atoms with Crippen molar-refractivity contribution in [3.05, 3.63) is 42.0 Å². The number of alkyl halides is 3. The second-order valence-electron chi connectivity index (χ2n) is 6.65. The molecule has 140 valence electrons. The highest BCUT2D eigenvalue weighted by Gasteiger charge is 2.34. The zero-order valence-electron chi connectivity index (χ0n) is 14.0. The van der Waals surface area contributed by atoms with Crippen molar-refractivity contribution in [3.63, 3.8) is 0 Å². The zero-order chi connectivity index (χ0) is 18.4. The first-order valence-corrected chi connectivity index (χ1v) is 8.65. The first-order valence-electron chi connectivity index (χ1n) is 8.65. The maximum atomic E-state index is 13.8. The van der Waals surface area contributed by atoms with Crippen molar-refractivity contribution in [1.82, 2.24) is 0 Å². The lowest BCUT2D eigenvalue weighted by atomic mass is 9.77. The fourth-order valence-electron chi connectivity index (χ4n) is 3.53. The van der Waals surface area contributed by atoms with E-state index in [2.05, 4.69) is 11.3 Å². The average molecular weight is 362 g/mol. The Hall–Kier alpha value is -1.59. The van der Waals surface area contributed by atoms with E-state index in [4.69, 9.17) is 0 Å². The van der Waals surface area contributed by atoms with Crippen LogP contribution < -0.4 is 4.74 Å². The highest BCUT2D eigenvalue weighted by atomic mass is 19.4. The second kappa shape index (κ2) is 8.68. The van der Waals surface area contributed by atoms with Crippen molar-refractivity contribution in [1.29, 1.82) is 0 Å². The molecule has 0 unspecified atom stereocenters.